The largest absolute Gasteiger partial charge is 0.423 e. The number of hydrogen-bond donors (Lipinski definition) is 0. The Morgan fingerprint density at radius 2 is 1.88 bits per heavy atom. The Morgan fingerprint density at radius 3 is 2.44 bits per heavy atom. The van der Waals surface area contributed by atoms with Crippen molar-refractivity contribution in [2.75, 3.05) is 0 Å². The smallest absolute Gasteiger partial charge is 0.309 e. The summed E-state index contributed by atoms with van der Waals surface area (Å²) < 4.78 is 7.59. The predicted octanol–water partition coefficient (Wildman–Crippen LogP) is 3.00. The van der Waals surface area contributed by atoms with Gasteiger partial charge in [-0.3, -0.25) is 14.8 Å². The summed E-state index contributed by atoms with van der Waals surface area (Å²) in [5.74, 6) is 3.71. The minimum atomic E-state index is -0.423. The molecule has 132 valence electrons. The molecule has 0 saturated heterocycles. The summed E-state index contributed by atoms with van der Waals surface area (Å²) in [5.41, 5.74) is 0.589. The van der Waals surface area contributed by atoms with Crippen LogP contribution in [0.2, 0.25) is 0 Å². The molecule has 0 atom stereocenters. The van der Waals surface area contributed by atoms with Gasteiger partial charge in [0.1, 0.15) is 18.4 Å². The van der Waals surface area contributed by atoms with Crippen LogP contribution >= 0.6 is 0 Å². The van der Waals surface area contributed by atoms with Crippen molar-refractivity contribution < 1.29 is 9.34 Å². The van der Waals surface area contributed by atoms with Crippen molar-refractivity contribution in [3.8, 4) is 0 Å². The molecule has 0 aromatic carbocycles. The van der Waals surface area contributed by atoms with Crippen LogP contribution in [0, 0.1) is 34.8 Å². The number of nitrogens with zero attached hydrogens (tertiary/aromatic N) is 5. The third-order valence-corrected chi connectivity index (χ3v) is 6.52. The van der Waals surface area contributed by atoms with Gasteiger partial charge in [-0.1, -0.05) is 0 Å². The highest BCUT2D eigenvalue weighted by Crippen LogP contribution is 2.60. The molecule has 4 aliphatic carbocycles. The molecule has 2 aromatic rings. The first-order valence-electron chi connectivity index (χ1n) is 9.02. The van der Waals surface area contributed by atoms with E-state index in [-0.39, 0.29) is 17.6 Å². The Labute approximate surface area is 144 Å². The number of rotatable bonds is 4. The Morgan fingerprint density at radius 1 is 1.24 bits per heavy atom. The zero-order chi connectivity index (χ0) is 17.2. The second-order valence-corrected chi connectivity index (χ2v) is 8.23. The van der Waals surface area contributed by atoms with Gasteiger partial charge in [0, 0.05) is 5.41 Å². The lowest BCUT2D eigenvalue weighted by atomic mass is 9.49. The number of hydrogen-bond acceptors (Lipinski definition) is 6. The van der Waals surface area contributed by atoms with E-state index < -0.39 is 4.92 Å². The quantitative estimate of drug-likeness (QED) is 0.625. The van der Waals surface area contributed by atoms with E-state index in [2.05, 4.69) is 15.3 Å². The Hall–Kier alpha value is -2.25. The Balaban J connectivity index is 1.40. The Kier molecular flexibility index (Phi) is 3.08. The first-order valence-corrected chi connectivity index (χ1v) is 9.02. The third kappa shape index (κ3) is 2.30. The lowest BCUT2D eigenvalue weighted by molar-refractivity contribution is -0.385. The molecule has 4 saturated carbocycles. The molecule has 0 unspecified atom stereocenters. The van der Waals surface area contributed by atoms with Gasteiger partial charge in [-0.25, -0.2) is 0 Å². The highest BCUT2D eigenvalue weighted by atomic mass is 16.6. The van der Waals surface area contributed by atoms with Crippen molar-refractivity contribution in [2.45, 2.75) is 57.4 Å². The average molecular weight is 343 g/mol. The van der Waals surface area contributed by atoms with E-state index in [4.69, 9.17) is 4.42 Å². The molecule has 4 fully saturated rings. The van der Waals surface area contributed by atoms with E-state index >= 15 is 0 Å². The molecule has 0 spiro atoms. The molecule has 4 aliphatic rings. The molecule has 8 nitrogen and oxygen atoms in total. The van der Waals surface area contributed by atoms with E-state index in [0.29, 0.717) is 11.6 Å². The van der Waals surface area contributed by atoms with Crippen LogP contribution in [0.5, 0.6) is 0 Å². The van der Waals surface area contributed by atoms with E-state index in [1.165, 1.54) is 44.7 Å². The molecule has 0 amide bonds. The van der Waals surface area contributed by atoms with Crippen LogP contribution in [-0.2, 0) is 12.0 Å². The highest BCUT2D eigenvalue weighted by Gasteiger charge is 2.54. The summed E-state index contributed by atoms with van der Waals surface area (Å²) in [6.07, 6.45) is 8.90. The third-order valence-electron chi connectivity index (χ3n) is 6.52. The molecule has 4 bridgehead atoms. The molecule has 0 aliphatic heterocycles. The van der Waals surface area contributed by atoms with Crippen molar-refractivity contribution in [1.29, 1.82) is 0 Å². The highest BCUT2D eigenvalue weighted by molar-refractivity contribution is 5.31. The first-order chi connectivity index (χ1) is 12.0. The van der Waals surface area contributed by atoms with E-state index in [9.17, 15) is 10.1 Å². The Bertz CT molecular complexity index is 804. The fraction of sp³-hybridized carbons (Fsp3) is 0.706. The second-order valence-electron chi connectivity index (χ2n) is 8.23. The van der Waals surface area contributed by atoms with Crippen LogP contribution in [0.25, 0.3) is 0 Å². The lowest BCUT2D eigenvalue weighted by Gasteiger charge is -2.55. The van der Waals surface area contributed by atoms with Gasteiger partial charge >= 0.3 is 5.69 Å². The number of nitro groups is 1. The zero-order valence-corrected chi connectivity index (χ0v) is 14.2. The zero-order valence-electron chi connectivity index (χ0n) is 14.2. The fourth-order valence-corrected chi connectivity index (χ4v) is 5.81. The lowest BCUT2D eigenvalue weighted by Crippen LogP contribution is -2.48. The monoisotopic (exact) mass is 343 g/mol. The van der Waals surface area contributed by atoms with Gasteiger partial charge in [0.15, 0.2) is 0 Å². The van der Waals surface area contributed by atoms with Crippen LogP contribution in [0.1, 0.15) is 56.0 Å². The van der Waals surface area contributed by atoms with E-state index in [0.717, 1.165) is 23.6 Å². The first kappa shape index (κ1) is 15.0. The fourth-order valence-electron chi connectivity index (χ4n) is 5.81. The standard InChI is InChI=1S/C17H21N5O3/c1-10-14(22(23)24)8-18-21(10)9-15-19-20-16(25-15)17-5-11-2-12(6-17)4-13(3-11)7-17/h8,11-13H,2-7,9H2,1H3. The van der Waals surface area contributed by atoms with Crippen molar-refractivity contribution in [1.82, 2.24) is 20.0 Å². The van der Waals surface area contributed by atoms with E-state index in [1.54, 1.807) is 11.6 Å². The van der Waals surface area contributed by atoms with Crippen LogP contribution in [0.15, 0.2) is 10.6 Å². The molecule has 0 radical (unpaired) electrons. The molecular weight excluding hydrogens is 322 g/mol. The summed E-state index contributed by atoms with van der Waals surface area (Å²) in [5, 5.41) is 23.6. The topological polar surface area (TPSA) is 99.9 Å². The minimum absolute atomic E-state index is 0.0147. The van der Waals surface area contributed by atoms with Crippen LogP contribution in [0.3, 0.4) is 0 Å². The molecule has 8 heteroatoms. The van der Waals surface area contributed by atoms with Crippen molar-refractivity contribution >= 4 is 5.69 Å². The van der Waals surface area contributed by atoms with Gasteiger partial charge in [-0.05, 0) is 63.2 Å². The average Bonchev–Trinajstić information content (AvgIpc) is 3.15. The summed E-state index contributed by atoms with van der Waals surface area (Å²) >= 11 is 0. The van der Waals surface area contributed by atoms with Gasteiger partial charge < -0.3 is 4.42 Å². The SMILES string of the molecule is Cc1c([N+](=O)[O-])cnn1Cc1nnc(C23CC4CC(CC(C4)C2)C3)o1. The van der Waals surface area contributed by atoms with Crippen molar-refractivity contribution in [3.05, 3.63) is 33.8 Å². The predicted molar refractivity (Wildman–Crippen MR) is 86.9 cm³/mol. The van der Waals surface area contributed by atoms with Crippen LogP contribution < -0.4 is 0 Å². The van der Waals surface area contributed by atoms with Crippen molar-refractivity contribution in [3.63, 3.8) is 0 Å². The van der Waals surface area contributed by atoms with Crippen LogP contribution in [0.4, 0.5) is 5.69 Å². The van der Waals surface area contributed by atoms with Crippen LogP contribution in [-0.4, -0.2) is 24.9 Å². The number of aromatic nitrogens is 4. The van der Waals surface area contributed by atoms with Gasteiger partial charge in [0.25, 0.3) is 0 Å². The van der Waals surface area contributed by atoms with Gasteiger partial charge in [0.2, 0.25) is 11.8 Å². The van der Waals surface area contributed by atoms with Gasteiger partial charge in [0.05, 0.1) is 4.92 Å². The maximum atomic E-state index is 11.0. The molecule has 6 rings (SSSR count). The van der Waals surface area contributed by atoms with E-state index in [1.807, 2.05) is 0 Å². The summed E-state index contributed by atoms with van der Waals surface area (Å²) in [7, 11) is 0. The molecule has 0 N–H and O–H groups in total. The van der Waals surface area contributed by atoms with Gasteiger partial charge in [-0.2, -0.15) is 5.10 Å². The molecule has 2 heterocycles. The molecule has 2 aromatic heterocycles. The maximum Gasteiger partial charge on any atom is 0.309 e. The van der Waals surface area contributed by atoms with Crippen molar-refractivity contribution in [2.24, 2.45) is 17.8 Å². The second kappa shape index (κ2) is 5.12. The molecular formula is C17H21N5O3. The normalized spacial score (nSPS) is 33.1. The van der Waals surface area contributed by atoms with Gasteiger partial charge in [-0.15, -0.1) is 10.2 Å². The molecule has 25 heavy (non-hydrogen) atoms. The summed E-state index contributed by atoms with van der Waals surface area (Å²) in [4.78, 5) is 10.5. The minimum Gasteiger partial charge on any atom is -0.423 e. The summed E-state index contributed by atoms with van der Waals surface area (Å²) in [6, 6.07) is 0. The maximum absolute atomic E-state index is 11.0. The summed E-state index contributed by atoms with van der Waals surface area (Å²) in [6.45, 7) is 1.96.